The summed E-state index contributed by atoms with van der Waals surface area (Å²) in [7, 11) is 0. The fraction of sp³-hybridized carbons (Fsp3) is 0.560. The van der Waals surface area contributed by atoms with Crippen LogP contribution in [0.3, 0.4) is 0 Å². The Labute approximate surface area is 232 Å². The second-order valence-electron chi connectivity index (χ2n) is 9.07. The average Bonchev–Trinajstić information content (AvgIpc) is 2.88. The highest BCUT2D eigenvalue weighted by Crippen LogP contribution is 2.11. The van der Waals surface area contributed by atoms with Gasteiger partial charge in [-0.25, -0.2) is 4.79 Å². The van der Waals surface area contributed by atoms with Gasteiger partial charge in [0.15, 0.2) is 0 Å². The van der Waals surface area contributed by atoms with E-state index in [4.69, 9.17) is 17.2 Å². The lowest BCUT2D eigenvalue weighted by Gasteiger charge is -2.25. The van der Waals surface area contributed by atoms with E-state index in [-0.39, 0.29) is 37.9 Å². The van der Waals surface area contributed by atoms with Crippen LogP contribution in [0, 0.1) is 0 Å². The zero-order valence-electron chi connectivity index (χ0n) is 22.1. The molecule has 0 bridgehead atoms. The van der Waals surface area contributed by atoms with Crippen LogP contribution in [0.15, 0.2) is 24.3 Å². The molecule has 1 aromatic rings. The van der Waals surface area contributed by atoms with Gasteiger partial charge in [0.1, 0.15) is 23.9 Å². The van der Waals surface area contributed by atoms with E-state index in [1.807, 2.05) is 6.26 Å². The zero-order chi connectivity index (χ0) is 29.4. The number of phenolic OH excluding ortho intramolecular Hbond substituents is 1. The number of carbonyl (C=O) groups excluding carboxylic acids is 4. The van der Waals surface area contributed by atoms with E-state index in [2.05, 4.69) is 16.0 Å². The Hall–Kier alpha value is -3.36. The van der Waals surface area contributed by atoms with Crippen LogP contribution in [0.1, 0.15) is 44.1 Å². The molecule has 0 aliphatic heterocycles. The van der Waals surface area contributed by atoms with Crippen molar-refractivity contribution in [2.45, 2.75) is 69.1 Å². The molecule has 39 heavy (non-hydrogen) atoms. The van der Waals surface area contributed by atoms with Crippen LogP contribution >= 0.6 is 11.8 Å². The van der Waals surface area contributed by atoms with E-state index >= 15 is 0 Å². The van der Waals surface area contributed by atoms with Gasteiger partial charge in [0.05, 0.1) is 6.04 Å². The summed E-state index contributed by atoms with van der Waals surface area (Å²) >= 11 is 1.45. The van der Waals surface area contributed by atoms with E-state index < -0.39 is 53.8 Å². The third kappa shape index (κ3) is 13.3. The zero-order valence-corrected chi connectivity index (χ0v) is 22.9. The van der Waals surface area contributed by atoms with Crippen LogP contribution in [0.4, 0.5) is 0 Å². The van der Waals surface area contributed by atoms with Gasteiger partial charge in [-0.05, 0) is 74.8 Å². The number of thioether (sulfide) groups is 1. The number of phenols is 1. The minimum Gasteiger partial charge on any atom is -0.508 e. The predicted molar refractivity (Wildman–Crippen MR) is 148 cm³/mol. The number of aliphatic carboxylic acids is 1. The van der Waals surface area contributed by atoms with Crippen molar-refractivity contribution >= 4 is 41.4 Å². The lowest BCUT2D eigenvalue weighted by Crippen LogP contribution is -2.57. The summed E-state index contributed by atoms with van der Waals surface area (Å²) in [6, 6.07) is 1.70. The van der Waals surface area contributed by atoms with Crippen molar-refractivity contribution in [3.63, 3.8) is 0 Å². The molecule has 4 atom stereocenters. The van der Waals surface area contributed by atoms with Crippen LogP contribution in [-0.4, -0.2) is 82.5 Å². The monoisotopic (exact) mass is 568 g/mol. The molecule has 0 heterocycles. The van der Waals surface area contributed by atoms with Crippen molar-refractivity contribution in [3.8, 4) is 5.75 Å². The van der Waals surface area contributed by atoms with Gasteiger partial charge in [-0.2, -0.15) is 11.8 Å². The molecule has 1 aromatic carbocycles. The first-order valence-electron chi connectivity index (χ1n) is 12.6. The van der Waals surface area contributed by atoms with E-state index in [9.17, 15) is 34.2 Å². The number of amides is 4. The van der Waals surface area contributed by atoms with Crippen molar-refractivity contribution in [1.82, 2.24) is 16.0 Å². The summed E-state index contributed by atoms with van der Waals surface area (Å²) in [4.78, 5) is 61.9. The third-order valence-electron chi connectivity index (χ3n) is 5.85. The number of hydrogen-bond donors (Lipinski definition) is 8. The number of rotatable bonds is 19. The summed E-state index contributed by atoms with van der Waals surface area (Å²) in [5.41, 5.74) is 17.4. The number of carboxylic acids is 1. The van der Waals surface area contributed by atoms with E-state index in [0.29, 0.717) is 30.7 Å². The van der Waals surface area contributed by atoms with Crippen LogP contribution in [-0.2, 0) is 30.4 Å². The molecular formula is C25H40N6O7S. The lowest BCUT2D eigenvalue weighted by atomic mass is 10.0. The molecule has 0 saturated carbocycles. The maximum absolute atomic E-state index is 13.2. The highest BCUT2D eigenvalue weighted by Gasteiger charge is 2.30. The third-order valence-corrected chi connectivity index (χ3v) is 6.49. The summed E-state index contributed by atoms with van der Waals surface area (Å²) < 4.78 is 0. The molecule has 4 amide bonds. The Bertz CT molecular complexity index is 963. The van der Waals surface area contributed by atoms with Crippen LogP contribution < -0.4 is 33.2 Å². The minimum atomic E-state index is -1.26. The Kier molecular flexibility index (Phi) is 15.6. The molecule has 0 fully saturated rings. The van der Waals surface area contributed by atoms with Crippen LogP contribution in [0.5, 0.6) is 5.75 Å². The van der Waals surface area contributed by atoms with Gasteiger partial charge in [-0.1, -0.05) is 12.1 Å². The number of aromatic hydroxyl groups is 1. The number of benzene rings is 1. The van der Waals surface area contributed by atoms with Gasteiger partial charge < -0.3 is 43.4 Å². The molecule has 11 N–H and O–H groups in total. The van der Waals surface area contributed by atoms with Gasteiger partial charge in [0.2, 0.25) is 23.6 Å². The molecule has 14 heteroatoms. The smallest absolute Gasteiger partial charge is 0.326 e. The first kappa shape index (κ1) is 33.7. The van der Waals surface area contributed by atoms with E-state index in [1.54, 1.807) is 12.1 Å². The molecule has 0 aliphatic carbocycles. The minimum absolute atomic E-state index is 0.0748. The summed E-state index contributed by atoms with van der Waals surface area (Å²) in [6.07, 6.45) is 3.01. The van der Waals surface area contributed by atoms with Gasteiger partial charge in [0.25, 0.3) is 0 Å². The summed E-state index contributed by atoms with van der Waals surface area (Å²) in [5.74, 6) is -3.43. The van der Waals surface area contributed by atoms with Crippen molar-refractivity contribution in [2.24, 2.45) is 17.2 Å². The summed E-state index contributed by atoms with van der Waals surface area (Å²) in [5, 5.41) is 26.4. The molecule has 4 unspecified atom stereocenters. The standard InChI is InChI=1S/C25H40N6O7S/c1-39-13-11-19(29-22(34)17(27)14-15-5-7-16(32)8-6-15)24(36)30-18(9-10-21(28)33)23(35)31-20(25(37)38)4-2-3-12-26/h5-8,17-20,32H,2-4,9-14,26-27H2,1H3,(H2,28,33)(H,29,34)(H,30,36)(H,31,35)(H,37,38). The normalized spacial score (nSPS) is 13.9. The number of carboxylic acid groups (broad SMARTS) is 1. The molecule has 0 saturated heterocycles. The molecule has 0 aliphatic rings. The van der Waals surface area contributed by atoms with Gasteiger partial charge in [-0.15, -0.1) is 0 Å². The molecule has 0 aromatic heterocycles. The molecule has 0 radical (unpaired) electrons. The number of hydrogen-bond acceptors (Lipinski definition) is 9. The summed E-state index contributed by atoms with van der Waals surface area (Å²) in [6.45, 7) is 0.374. The number of nitrogens with two attached hydrogens (primary N) is 3. The topological polar surface area (TPSA) is 240 Å². The average molecular weight is 569 g/mol. The SMILES string of the molecule is CSCCC(NC(=O)C(N)Cc1ccc(O)cc1)C(=O)NC(CCC(N)=O)C(=O)NC(CCCCN)C(=O)O. The highest BCUT2D eigenvalue weighted by molar-refractivity contribution is 7.98. The van der Waals surface area contributed by atoms with Crippen LogP contribution in [0.2, 0.25) is 0 Å². The quantitative estimate of drug-likeness (QED) is 0.0941. The van der Waals surface area contributed by atoms with Gasteiger partial charge in [0, 0.05) is 6.42 Å². The Morgan fingerprint density at radius 1 is 0.872 bits per heavy atom. The highest BCUT2D eigenvalue weighted by atomic mass is 32.2. The predicted octanol–water partition coefficient (Wildman–Crippen LogP) is -1.05. The van der Waals surface area contributed by atoms with Crippen molar-refractivity contribution in [1.29, 1.82) is 0 Å². The first-order valence-corrected chi connectivity index (χ1v) is 14.0. The molecule has 218 valence electrons. The Morgan fingerprint density at radius 3 is 1.97 bits per heavy atom. The van der Waals surface area contributed by atoms with Crippen molar-refractivity contribution < 1.29 is 34.2 Å². The Balaban J connectivity index is 2.96. The fourth-order valence-electron chi connectivity index (χ4n) is 3.61. The molecular weight excluding hydrogens is 528 g/mol. The Morgan fingerprint density at radius 2 is 1.44 bits per heavy atom. The first-order chi connectivity index (χ1) is 18.5. The fourth-order valence-corrected chi connectivity index (χ4v) is 4.08. The van der Waals surface area contributed by atoms with Crippen LogP contribution in [0.25, 0.3) is 0 Å². The van der Waals surface area contributed by atoms with E-state index in [0.717, 1.165) is 0 Å². The molecule has 1 rings (SSSR count). The molecule has 0 spiro atoms. The van der Waals surface area contributed by atoms with Gasteiger partial charge >= 0.3 is 5.97 Å². The van der Waals surface area contributed by atoms with Crippen molar-refractivity contribution in [2.75, 3.05) is 18.6 Å². The lowest BCUT2D eigenvalue weighted by molar-refractivity contribution is -0.142. The maximum Gasteiger partial charge on any atom is 0.326 e. The second kappa shape index (κ2) is 18.0. The number of nitrogens with one attached hydrogen (secondary N) is 3. The molecule has 13 nitrogen and oxygen atoms in total. The second-order valence-corrected chi connectivity index (χ2v) is 10.1. The van der Waals surface area contributed by atoms with Gasteiger partial charge in [-0.3, -0.25) is 19.2 Å². The maximum atomic E-state index is 13.2. The largest absolute Gasteiger partial charge is 0.508 e. The number of primary amides is 1. The van der Waals surface area contributed by atoms with E-state index in [1.165, 1.54) is 23.9 Å². The van der Waals surface area contributed by atoms with Crippen molar-refractivity contribution in [3.05, 3.63) is 29.8 Å². The number of unbranched alkanes of at least 4 members (excludes halogenated alkanes) is 1. The number of carbonyl (C=O) groups is 5.